The van der Waals surface area contributed by atoms with Crippen LogP contribution in [-0.4, -0.2) is 51.8 Å². The van der Waals surface area contributed by atoms with Crippen molar-refractivity contribution in [2.24, 2.45) is 4.99 Å². The predicted octanol–water partition coefficient (Wildman–Crippen LogP) is 2.03. The van der Waals surface area contributed by atoms with E-state index in [0.717, 1.165) is 37.0 Å². The molecule has 0 unspecified atom stereocenters. The number of hydrogen-bond acceptors (Lipinski definition) is 6. The molecular formula is C17H27IN8O2. The van der Waals surface area contributed by atoms with Gasteiger partial charge >= 0.3 is 0 Å². The van der Waals surface area contributed by atoms with E-state index in [9.17, 15) is 10.1 Å². The summed E-state index contributed by atoms with van der Waals surface area (Å²) in [6.45, 7) is 7.51. The molecule has 0 radical (unpaired) electrons. The molecule has 1 aromatic heterocycles. The van der Waals surface area contributed by atoms with Gasteiger partial charge in [0.2, 0.25) is 0 Å². The van der Waals surface area contributed by atoms with Crippen LogP contribution < -0.4 is 16.0 Å². The molecule has 0 aliphatic rings. The fourth-order valence-electron chi connectivity index (χ4n) is 2.44. The molecule has 11 heteroatoms. The number of nitrogens with one attached hydrogen (secondary N) is 3. The smallest absolute Gasteiger partial charge is 0.269 e. The Labute approximate surface area is 181 Å². The van der Waals surface area contributed by atoms with Crippen molar-refractivity contribution in [3.63, 3.8) is 0 Å². The van der Waals surface area contributed by atoms with Crippen LogP contribution in [0.5, 0.6) is 0 Å². The molecule has 0 aliphatic carbocycles. The third-order valence-corrected chi connectivity index (χ3v) is 3.79. The quantitative estimate of drug-likeness (QED) is 0.114. The molecule has 0 saturated carbocycles. The number of hydrogen-bond donors (Lipinski definition) is 3. The number of non-ortho nitro benzene ring substituents is 1. The molecule has 3 N–H and O–H groups in total. The summed E-state index contributed by atoms with van der Waals surface area (Å²) in [5.41, 5.74) is 0.907. The van der Waals surface area contributed by atoms with Gasteiger partial charge in [0.15, 0.2) is 5.96 Å². The Morgan fingerprint density at radius 1 is 1.21 bits per heavy atom. The van der Waals surface area contributed by atoms with Crippen LogP contribution in [0.2, 0.25) is 0 Å². The van der Waals surface area contributed by atoms with Crippen LogP contribution in [0.3, 0.4) is 0 Å². The van der Waals surface area contributed by atoms with Gasteiger partial charge in [-0.25, -0.2) is 0 Å². The van der Waals surface area contributed by atoms with Gasteiger partial charge < -0.3 is 20.5 Å². The number of anilines is 1. The molecule has 1 aromatic carbocycles. The van der Waals surface area contributed by atoms with E-state index in [2.05, 4.69) is 38.1 Å². The van der Waals surface area contributed by atoms with E-state index in [4.69, 9.17) is 0 Å². The van der Waals surface area contributed by atoms with Crippen LogP contribution in [0.25, 0.3) is 0 Å². The summed E-state index contributed by atoms with van der Waals surface area (Å²) in [7, 11) is 0. The second kappa shape index (κ2) is 12.9. The van der Waals surface area contributed by atoms with E-state index in [1.165, 1.54) is 12.1 Å². The van der Waals surface area contributed by atoms with Gasteiger partial charge in [-0.15, -0.1) is 34.2 Å². The van der Waals surface area contributed by atoms with E-state index in [-0.39, 0.29) is 29.7 Å². The minimum absolute atomic E-state index is 0. The zero-order valence-corrected chi connectivity index (χ0v) is 18.4. The highest BCUT2D eigenvalue weighted by molar-refractivity contribution is 14.0. The van der Waals surface area contributed by atoms with Crippen molar-refractivity contribution in [1.29, 1.82) is 0 Å². The molecule has 2 rings (SSSR count). The normalized spacial score (nSPS) is 10.9. The van der Waals surface area contributed by atoms with E-state index >= 15 is 0 Å². The molecule has 0 atom stereocenters. The van der Waals surface area contributed by atoms with Crippen LogP contribution in [0, 0.1) is 10.1 Å². The molecular weight excluding hydrogens is 475 g/mol. The third kappa shape index (κ3) is 7.66. The maximum atomic E-state index is 10.7. The first kappa shape index (κ1) is 23.6. The van der Waals surface area contributed by atoms with Crippen molar-refractivity contribution in [2.45, 2.75) is 26.8 Å². The van der Waals surface area contributed by atoms with E-state index in [1.807, 2.05) is 11.5 Å². The molecule has 0 amide bonds. The summed E-state index contributed by atoms with van der Waals surface area (Å²) >= 11 is 0. The van der Waals surface area contributed by atoms with Gasteiger partial charge in [0, 0.05) is 50.4 Å². The Morgan fingerprint density at radius 3 is 2.61 bits per heavy atom. The number of aryl methyl sites for hydroxylation is 1. The highest BCUT2D eigenvalue weighted by Crippen LogP contribution is 2.14. The molecule has 28 heavy (non-hydrogen) atoms. The van der Waals surface area contributed by atoms with Crippen molar-refractivity contribution in [3.8, 4) is 0 Å². The molecule has 2 aromatic rings. The monoisotopic (exact) mass is 502 g/mol. The average molecular weight is 502 g/mol. The number of guanidine groups is 1. The number of nitro groups is 1. The van der Waals surface area contributed by atoms with Crippen molar-refractivity contribution in [2.75, 3.05) is 31.5 Å². The van der Waals surface area contributed by atoms with Crippen molar-refractivity contribution in [1.82, 2.24) is 25.4 Å². The number of benzene rings is 1. The van der Waals surface area contributed by atoms with E-state index < -0.39 is 4.92 Å². The fraction of sp³-hybridized carbons (Fsp3) is 0.471. The first-order valence-corrected chi connectivity index (χ1v) is 9.01. The summed E-state index contributed by atoms with van der Waals surface area (Å²) in [5.74, 6) is 1.71. The van der Waals surface area contributed by atoms with Crippen LogP contribution in [0.15, 0.2) is 35.6 Å². The number of rotatable bonds is 10. The summed E-state index contributed by atoms with van der Waals surface area (Å²) < 4.78 is 2.02. The van der Waals surface area contributed by atoms with Crippen LogP contribution in [0.4, 0.5) is 11.4 Å². The van der Waals surface area contributed by atoms with E-state index in [0.29, 0.717) is 19.6 Å². The maximum absolute atomic E-state index is 10.7. The lowest BCUT2D eigenvalue weighted by molar-refractivity contribution is -0.384. The van der Waals surface area contributed by atoms with Gasteiger partial charge in [0.1, 0.15) is 12.2 Å². The Hall–Kier alpha value is -2.44. The predicted molar refractivity (Wildman–Crippen MR) is 120 cm³/mol. The van der Waals surface area contributed by atoms with Crippen LogP contribution >= 0.6 is 24.0 Å². The van der Waals surface area contributed by atoms with Gasteiger partial charge in [0.25, 0.3) is 5.69 Å². The second-order valence-corrected chi connectivity index (χ2v) is 5.71. The van der Waals surface area contributed by atoms with Crippen molar-refractivity contribution < 1.29 is 4.92 Å². The highest BCUT2D eigenvalue weighted by atomic mass is 127. The van der Waals surface area contributed by atoms with Gasteiger partial charge in [0.05, 0.1) is 11.5 Å². The van der Waals surface area contributed by atoms with E-state index in [1.54, 1.807) is 18.5 Å². The maximum Gasteiger partial charge on any atom is 0.269 e. The van der Waals surface area contributed by atoms with Crippen LogP contribution in [0.1, 0.15) is 19.7 Å². The Balaban J connectivity index is 0.00000392. The molecule has 154 valence electrons. The largest absolute Gasteiger partial charge is 0.383 e. The fourth-order valence-corrected chi connectivity index (χ4v) is 2.44. The molecule has 0 aliphatic heterocycles. The molecule has 0 saturated heterocycles. The summed E-state index contributed by atoms with van der Waals surface area (Å²) in [5, 5.41) is 28.3. The number of nitrogens with zero attached hydrogens (tertiary/aromatic N) is 5. The minimum atomic E-state index is -0.411. The van der Waals surface area contributed by atoms with Crippen molar-refractivity contribution in [3.05, 3.63) is 46.5 Å². The van der Waals surface area contributed by atoms with Gasteiger partial charge in [-0.2, -0.15) is 0 Å². The second-order valence-electron chi connectivity index (χ2n) is 5.71. The first-order chi connectivity index (χ1) is 13.1. The number of halogens is 1. The molecule has 10 nitrogen and oxygen atoms in total. The molecule has 0 bridgehead atoms. The average Bonchev–Trinajstić information content (AvgIpc) is 3.13. The molecule has 0 spiro atoms. The zero-order chi connectivity index (χ0) is 19.5. The molecule has 0 fully saturated rings. The zero-order valence-electron chi connectivity index (χ0n) is 16.1. The minimum Gasteiger partial charge on any atom is -0.383 e. The topological polar surface area (TPSA) is 122 Å². The summed E-state index contributed by atoms with van der Waals surface area (Å²) in [4.78, 5) is 14.8. The first-order valence-electron chi connectivity index (χ1n) is 9.01. The summed E-state index contributed by atoms with van der Waals surface area (Å²) in [6, 6.07) is 6.34. The number of aromatic nitrogens is 3. The Morgan fingerprint density at radius 2 is 1.96 bits per heavy atom. The van der Waals surface area contributed by atoms with Gasteiger partial charge in [-0.1, -0.05) is 6.92 Å². The lowest BCUT2D eigenvalue weighted by atomic mass is 10.3. The SMILES string of the molecule is CCNC(=NCCNc1ccc([N+](=O)[O-])cc1)NCCn1cnnc1CC.I. The standard InChI is InChI=1S/C17H26N8O2.HI/c1-3-16-23-22-13-24(16)12-11-21-17(18-4-2)20-10-9-19-14-5-7-15(8-6-14)25(26)27;/h5-8,13,19H,3-4,9-12H2,1-2H3,(H2,18,20,21);1H. The molecule has 1 heterocycles. The van der Waals surface area contributed by atoms with Crippen LogP contribution in [-0.2, 0) is 13.0 Å². The van der Waals surface area contributed by atoms with Gasteiger partial charge in [-0.3, -0.25) is 15.1 Å². The lowest BCUT2D eigenvalue weighted by Crippen LogP contribution is -2.39. The summed E-state index contributed by atoms with van der Waals surface area (Å²) in [6.07, 6.45) is 2.58. The van der Waals surface area contributed by atoms with Gasteiger partial charge in [-0.05, 0) is 19.1 Å². The highest BCUT2D eigenvalue weighted by Gasteiger charge is 2.04. The Kier molecular flexibility index (Phi) is 10.8. The third-order valence-electron chi connectivity index (χ3n) is 3.79. The number of nitro benzene ring substituents is 1. The Bertz CT molecular complexity index is 748. The van der Waals surface area contributed by atoms with Crippen molar-refractivity contribution >= 4 is 41.3 Å². The number of aliphatic imine (C=N–C) groups is 1. The lowest BCUT2D eigenvalue weighted by Gasteiger charge is -2.12.